The fourth-order valence-electron chi connectivity index (χ4n) is 2.42. The van der Waals surface area contributed by atoms with E-state index in [4.69, 9.17) is 0 Å². The van der Waals surface area contributed by atoms with Gasteiger partial charge in [0.05, 0.1) is 0 Å². The van der Waals surface area contributed by atoms with Gasteiger partial charge in [0.25, 0.3) is 0 Å². The Morgan fingerprint density at radius 2 is 2.29 bits per heavy atom. The number of hydrogen-bond acceptors (Lipinski definition) is 2. The highest BCUT2D eigenvalue weighted by atomic mass is 16.1. The number of carbonyl (C=O) groups excluding carboxylic acids is 1. The van der Waals surface area contributed by atoms with Crippen molar-refractivity contribution in [1.29, 1.82) is 0 Å². The largest absolute Gasteiger partial charge is 0.316 e. The van der Waals surface area contributed by atoms with E-state index in [-0.39, 0.29) is 5.41 Å². The highest BCUT2D eigenvalue weighted by Gasteiger charge is 2.31. The first-order chi connectivity index (χ1) is 6.58. The van der Waals surface area contributed by atoms with Crippen LogP contribution < -0.4 is 5.32 Å². The molecule has 0 aromatic rings. The van der Waals surface area contributed by atoms with Crippen LogP contribution in [0.15, 0.2) is 11.6 Å². The SMILES string of the molecule is CC1(C)C=C(C2CCNC2)C(=O)CC1. The van der Waals surface area contributed by atoms with E-state index in [1.54, 1.807) is 0 Å². The Bertz CT molecular complexity index is 272. The van der Waals surface area contributed by atoms with Gasteiger partial charge in [0.2, 0.25) is 0 Å². The molecule has 1 unspecified atom stereocenters. The Morgan fingerprint density at radius 1 is 1.50 bits per heavy atom. The zero-order valence-corrected chi connectivity index (χ0v) is 9.10. The summed E-state index contributed by atoms with van der Waals surface area (Å²) in [6.45, 7) is 6.51. The smallest absolute Gasteiger partial charge is 0.158 e. The molecule has 0 bridgehead atoms. The fraction of sp³-hybridized carbons (Fsp3) is 0.750. The third-order valence-electron chi connectivity index (χ3n) is 3.36. The van der Waals surface area contributed by atoms with Crippen LogP contribution in [0.5, 0.6) is 0 Å². The molecule has 1 aliphatic heterocycles. The zero-order chi connectivity index (χ0) is 10.2. The second kappa shape index (κ2) is 3.50. The molecule has 0 spiro atoms. The average molecular weight is 193 g/mol. The summed E-state index contributed by atoms with van der Waals surface area (Å²) in [5.41, 5.74) is 1.33. The molecule has 1 heterocycles. The lowest BCUT2D eigenvalue weighted by Gasteiger charge is -2.28. The summed E-state index contributed by atoms with van der Waals surface area (Å²) in [5.74, 6) is 0.875. The van der Waals surface area contributed by atoms with Gasteiger partial charge in [-0.05, 0) is 30.4 Å². The summed E-state index contributed by atoms with van der Waals surface area (Å²) in [6, 6.07) is 0. The molecule has 2 nitrogen and oxygen atoms in total. The maximum absolute atomic E-state index is 11.8. The summed E-state index contributed by atoms with van der Waals surface area (Å²) in [6.07, 6.45) is 5.11. The van der Waals surface area contributed by atoms with Gasteiger partial charge in [-0.2, -0.15) is 0 Å². The van der Waals surface area contributed by atoms with Crippen LogP contribution in [0.25, 0.3) is 0 Å². The van der Waals surface area contributed by atoms with Crippen molar-refractivity contribution in [3.63, 3.8) is 0 Å². The predicted octanol–water partition coefficient (Wildman–Crippen LogP) is 1.91. The molecule has 1 fully saturated rings. The number of ketones is 1. The Labute approximate surface area is 85.8 Å². The number of hydrogen-bond donors (Lipinski definition) is 1. The van der Waals surface area contributed by atoms with Gasteiger partial charge in [-0.25, -0.2) is 0 Å². The Balaban J connectivity index is 2.21. The molecule has 0 amide bonds. The normalized spacial score (nSPS) is 31.7. The summed E-state index contributed by atoms with van der Waals surface area (Å²) in [7, 11) is 0. The van der Waals surface area contributed by atoms with Gasteiger partial charge in [0.15, 0.2) is 5.78 Å². The molecule has 1 atom stereocenters. The molecule has 0 saturated carbocycles. The van der Waals surface area contributed by atoms with E-state index in [1.165, 1.54) is 0 Å². The first kappa shape index (κ1) is 9.91. The van der Waals surface area contributed by atoms with Gasteiger partial charge >= 0.3 is 0 Å². The third kappa shape index (κ3) is 1.90. The molecule has 14 heavy (non-hydrogen) atoms. The molecular formula is C12H19NO. The lowest BCUT2D eigenvalue weighted by Crippen LogP contribution is -2.25. The van der Waals surface area contributed by atoms with Crippen molar-refractivity contribution >= 4 is 5.78 Å². The first-order valence-corrected chi connectivity index (χ1v) is 5.55. The first-order valence-electron chi connectivity index (χ1n) is 5.55. The van der Waals surface area contributed by atoms with Crippen molar-refractivity contribution in [1.82, 2.24) is 5.32 Å². The minimum atomic E-state index is 0.228. The molecule has 1 N–H and O–H groups in total. The minimum absolute atomic E-state index is 0.228. The summed E-state index contributed by atoms with van der Waals surface area (Å²) in [5, 5.41) is 3.32. The van der Waals surface area contributed by atoms with Gasteiger partial charge in [0.1, 0.15) is 0 Å². The van der Waals surface area contributed by atoms with Gasteiger partial charge in [-0.15, -0.1) is 0 Å². The maximum atomic E-state index is 11.8. The van der Waals surface area contributed by atoms with Crippen LogP contribution in [0, 0.1) is 11.3 Å². The van der Waals surface area contributed by atoms with Crippen LogP contribution in [-0.4, -0.2) is 18.9 Å². The number of nitrogens with one attached hydrogen (secondary N) is 1. The molecule has 2 aliphatic rings. The van der Waals surface area contributed by atoms with E-state index >= 15 is 0 Å². The molecule has 78 valence electrons. The molecular weight excluding hydrogens is 174 g/mol. The number of Topliss-reactive ketones (excluding diaryl/α,β-unsaturated/α-hetero) is 1. The lowest BCUT2D eigenvalue weighted by molar-refractivity contribution is -0.117. The van der Waals surface area contributed by atoms with E-state index in [1.807, 2.05) is 0 Å². The number of rotatable bonds is 1. The van der Waals surface area contributed by atoms with E-state index in [2.05, 4.69) is 25.2 Å². The summed E-state index contributed by atoms with van der Waals surface area (Å²) < 4.78 is 0. The van der Waals surface area contributed by atoms with Crippen LogP contribution in [0.3, 0.4) is 0 Å². The van der Waals surface area contributed by atoms with Crippen molar-refractivity contribution in [3.8, 4) is 0 Å². The summed E-state index contributed by atoms with van der Waals surface area (Å²) in [4.78, 5) is 11.8. The molecule has 0 aromatic heterocycles. The van der Waals surface area contributed by atoms with Crippen LogP contribution in [0.2, 0.25) is 0 Å². The molecule has 0 aromatic carbocycles. The van der Waals surface area contributed by atoms with Crippen molar-refractivity contribution < 1.29 is 4.79 Å². The topological polar surface area (TPSA) is 29.1 Å². The Hall–Kier alpha value is -0.630. The molecule has 2 heteroatoms. The third-order valence-corrected chi connectivity index (χ3v) is 3.36. The van der Waals surface area contributed by atoms with Crippen molar-refractivity contribution in [2.24, 2.45) is 11.3 Å². The number of carbonyl (C=O) groups is 1. The summed E-state index contributed by atoms with van der Waals surface area (Å²) >= 11 is 0. The zero-order valence-electron chi connectivity index (χ0n) is 9.10. The second-order valence-corrected chi connectivity index (χ2v) is 5.20. The minimum Gasteiger partial charge on any atom is -0.316 e. The monoisotopic (exact) mass is 193 g/mol. The van der Waals surface area contributed by atoms with Crippen LogP contribution in [-0.2, 0) is 4.79 Å². The van der Waals surface area contributed by atoms with Gasteiger partial charge in [-0.1, -0.05) is 19.9 Å². The Morgan fingerprint density at radius 3 is 2.93 bits per heavy atom. The van der Waals surface area contributed by atoms with E-state index < -0.39 is 0 Å². The van der Waals surface area contributed by atoms with Gasteiger partial charge < -0.3 is 5.32 Å². The van der Waals surface area contributed by atoms with Gasteiger partial charge in [-0.3, -0.25) is 4.79 Å². The maximum Gasteiger partial charge on any atom is 0.158 e. The molecule has 2 rings (SSSR count). The highest BCUT2D eigenvalue weighted by Crippen LogP contribution is 2.35. The predicted molar refractivity (Wildman–Crippen MR) is 57.1 cm³/mol. The van der Waals surface area contributed by atoms with Crippen LogP contribution in [0.4, 0.5) is 0 Å². The second-order valence-electron chi connectivity index (χ2n) is 5.20. The van der Waals surface area contributed by atoms with Crippen molar-refractivity contribution in [3.05, 3.63) is 11.6 Å². The average Bonchev–Trinajstić information content (AvgIpc) is 2.62. The Kier molecular flexibility index (Phi) is 2.48. The van der Waals surface area contributed by atoms with E-state index in [0.29, 0.717) is 11.7 Å². The molecule has 1 saturated heterocycles. The van der Waals surface area contributed by atoms with E-state index in [0.717, 1.165) is 37.9 Å². The highest BCUT2D eigenvalue weighted by molar-refractivity contribution is 5.96. The molecule has 1 aliphatic carbocycles. The van der Waals surface area contributed by atoms with Gasteiger partial charge in [0, 0.05) is 18.9 Å². The fourth-order valence-corrected chi connectivity index (χ4v) is 2.42. The van der Waals surface area contributed by atoms with Crippen molar-refractivity contribution in [2.75, 3.05) is 13.1 Å². The van der Waals surface area contributed by atoms with E-state index in [9.17, 15) is 4.79 Å². The number of allylic oxidation sites excluding steroid dienone is 1. The van der Waals surface area contributed by atoms with Crippen molar-refractivity contribution in [2.45, 2.75) is 33.1 Å². The lowest BCUT2D eigenvalue weighted by atomic mass is 9.75. The van der Waals surface area contributed by atoms with Crippen LogP contribution in [0.1, 0.15) is 33.1 Å². The van der Waals surface area contributed by atoms with Crippen LogP contribution >= 0.6 is 0 Å². The standard InChI is InChI=1S/C12H19NO/c1-12(2)5-3-11(14)10(7-12)9-4-6-13-8-9/h7,9,13H,3-6,8H2,1-2H3. The quantitative estimate of drug-likeness (QED) is 0.689. The molecule has 0 radical (unpaired) electrons.